The van der Waals surface area contributed by atoms with Gasteiger partial charge in [-0.1, -0.05) is 42.5 Å². The molecule has 1 aromatic heterocycles. The van der Waals surface area contributed by atoms with E-state index in [1.54, 1.807) is 12.1 Å². The molecule has 1 aliphatic heterocycles. The van der Waals surface area contributed by atoms with Crippen molar-refractivity contribution in [1.82, 2.24) is 14.8 Å². The Bertz CT molecular complexity index is 961. The molecule has 4 nitrogen and oxygen atoms in total. The Morgan fingerprint density at radius 3 is 2.50 bits per heavy atom. The highest BCUT2D eigenvalue weighted by Crippen LogP contribution is 2.19. The van der Waals surface area contributed by atoms with Crippen LogP contribution < -0.4 is 0 Å². The first kappa shape index (κ1) is 18.6. The number of aryl methyl sites for hydroxylation is 1. The second-order valence-electron chi connectivity index (χ2n) is 7.24. The van der Waals surface area contributed by atoms with Crippen molar-refractivity contribution in [3.63, 3.8) is 0 Å². The molecule has 1 amide bonds. The van der Waals surface area contributed by atoms with Crippen LogP contribution in [0, 0.1) is 5.82 Å². The number of aromatic nitrogens is 1. The lowest BCUT2D eigenvalue weighted by molar-refractivity contribution is -0.133. The summed E-state index contributed by atoms with van der Waals surface area (Å²) in [6.07, 6.45) is 2.64. The van der Waals surface area contributed by atoms with E-state index in [0.29, 0.717) is 31.5 Å². The second kappa shape index (κ2) is 8.48. The third kappa shape index (κ3) is 4.20. The van der Waals surface area contributed by atoms with Gasteiger partial charge in [0, 0.05) is 50.7 Å². The molecule has 0 N–H and O–H groups in total. The van der Waals surface area contributed by atoms with Crippen molar-refractivity contribution in [2.45, 2.75) is 19.4 Å². The molecule has 2 aromatic carbocycles. The number of nitrogens with zero attached hydrogens (tertiary/aromatic N) is 3. The molecule has 144 valence electrons. The maximum atomic E-state index is 13.7. The maximum Gasteiger partial charge on any atom is 0.222 e. The Kier molecular flexibility index (Phi) is 5.63. The molecule has 0 atom stereocenters. The van der Waals surface area contributed by atoms with Crippen molar-refractivity contribution in [3.8, 4) is 0 Å². The van der Waals surface area contributed by atoms with Crippen molar-refractivity contribution in [2.75, 3.05) is 26.2 Å². The molecule has 1 saturated heterocycles. The molecule has 1 fully saturated rings. The first-order valence-electron chi connectivity index (χ1n) is 9.77. The molecule has 1 aliphatic rings. The van der Waals surface area contributed by atoms with E-state index >= 15 is 0 Å². The standard InChI is InChI=1S/C23H24FN3O/c24-21-9-2-1-5-18(21)10-11-22(28)27-15-13-26(14-16-27)17-20-7-3-6-19-8-4-12-25-23(19)20/h1-9,12H,10-11,13-17H2. The fourth-order valence-corrected chi connectivity index (χ4v) is 3.79. The van der Waals surface area contributed by atoms with Crippen LogP contribution in [0.4, 0.5) is 4.39 Å². The van der Waals surface area contributed by atoms with Gasteiger partial charge in [-0.2, -0.15) is 0 Å². The maximum absolute atomic E-state index is 13.7. The fraction of sp³-hybridized carbons (Fsp3) is 0.304. The van der Waals surface area contributed by atoms with Gasteiger partial charge in [0.15, 0.2) is 0 Å². The fourth-order valence-electron chi connectivity index (χ4n) is 3.79. The summed E-state index contributed by atoms with van der Waals surface area (Å²) >= 11 is 0. The summed E-state index contributed by atoms with van der Waals surface area (Å²) in [4.78, 5) is 21.3. The smallest absolute Gasteiger partial charge is 0.222 e. The minimum absolute atomic E-state index is 0.106. The zero-order valence-electron chi connectivity index (χ0n) is 15.9. The summed E-state index contributed by atoms with van der Waals surface area (Å²) in [5.41, 5.74) is 2.88. The van der Waals surface area contributed by atoms with Crippen LogP contribution >= 0.6 is 0 Å². The van der Waals surface area contributed by atoms with Crippen LogP contribution in [0.2, 0.25) is 0 Å². The highest BCUT2D eigenvalue weighted by molar-refractivity contribution is 5.81. The number of hydrogen-bond donors (Lipinski definition) is 0. The monoisotopic (exact) mass is 377 g/mol. The highest BCUT2D eigenvalue weighted by atomic mass is 19.1. The summed E-state index contributed by atoms with van der Waals surface area (Å²) in [6.45, 7) is 3.96. The predicted molar refractivity (Wildman–Crippen MR) is 108 cm³/mol. The van der Waals surface area contributed by atoms with Crippen LogP contribution in [0.25, 0.3) is 10.9 Å². The SMILES string of the molecule is O=C(CCc1ccccc1F)N1CCN(Cc2cccc3cccnc23)CC1. The normalized spacial score (nSPS) is 15.1. The number of piperazine rings is 1. The van der Waals surface area contributed by atoms with Crippen molar-refractivity contribution in [3.05, 3.63) is 77.7 Å². The average molecular weight is 377 g/mol. The van der Waals surface area contributed by atoms with E-state index < -0.39 is 0 Å². The van der Waals surface area contributed by atoms with E-state index in [9.17, 15) is 9.18 Å². The summed E-state index contributed by atoms with van der Waals surface area (Å²) in [7, 11) is 0. The quantitative estimate of drug-likeness (QED) is 0.681. The molecule has 0 radical (unpaired) electrons. The number of pyridine rings is 1. The minimum Gasteiger partial charge on any atom is -0.340 e. The molecular formula is C23H24FN3O. The van der Waals surface area contributed by atoms with Gasteiger partial charge < -0.3 is 4.90 Å². The number of hydrogen-bond acceptors (Lipinski definition) is 3. The topological polar surface area (TPSA) is 36.4 Å². The van der Waals surface area contributed by atoms with Crippen LogP contribution in [-0.4, -0.2) is 46.9 Å². The first-order chi connectivity index (χ1) is 13.7. The van der Waals surface area contributed by atoms with Crippen LogP contribution in [0.3, 0.4) is 0 Å². The van der Waals surface area contributed by atoms with Crippen LogP contribution in [0.1, 0.15) is 17.5 Å². The van der Waals surface area contributed by atoms with Gasteiger partial charge in [-0.15, -0.1) is 0 Å². The van der Waals surface area contributed by atoms with Crippen LogP contribution in [0.5, 0.6) is 0 Å². The second-order valence-corrected chi connectivity index (χ2v) is 7.24. The number of halogens is 1. The number of para-hydroxylation sites is 1. The Labute approximate surface area is 164 Å². The van der Waals surface area contributed by atoms with E-state index in [0.717, 1.165) is 30.5 Å². The van der Waals surface area contributed by atoms with Crippen LogP contribution in [0.15, 0.2) is 60.8 Å². The highest BCUT2D eigenvalue weighted by Gasteiger charge is 2.21. The number of fused-ring (bicyclic) bond motifs is 1. The van der Waals surface area contributed by atoms with Crippen LogP contribution in [-0.2, 0) is 17.8 Å². The molecule has 0 unspecified atom stereocenters. The minimum atomic E-state index is -0.233. The Morgan fingerprint density at radius 1 is 0.929 bits per heavy atom. The third-order valence-corrected chi connectivity index (χ3v) is 5.40. The lowest BCUT2D eigenvalue weighted by Gasteiger charge is -2.35. The summed E-state index contributed by atoms with van der Waals surface area (Å²) < 4.78 is 13.7. The Morgan fingerprint density at radius 2 is 1.68 bits per heavy atom. The zero-order chi connectivity index (χ0) is 19.3. The average Bonchev–Trinajstić information content (AvgIpc) is 2.74. The van der Waals surface area contributed by atoms with Gasteiger partial charge in [0.25, 0.3) is 0 Å². The number of benzene rings is 2. The zero-order valence-corrected chi connectivity index (χ0v) is 15.9. The van der Waals surface area contributed by atoms with E-state index in [4.69, 9.17) is 0 Å². The van der Waals surface area contributed by atoms with Crippen molar-refractivity contribution >= 4 is 16.8 Å². The third-order valence-electron chi connectivity index (χ3n) is 5.40. The number of rotatable bonds is 5. The summed E-state index contributed by atoms with van der Waals surface area (Å²) in [6, 6.07) is 17.0. The summed E-state index contributed by atoms with van der Waals surface area (Å²) in [5, 5.41) is 1.15. The van der Waals surface area contributed by atoms with Gasteiger partial charge in [-0.05, 0) is 29.7 Å². The predicted octanol–water partition coefficient (Wildman–Crippen LogP) is 3.65. The summed E-state index contributed by atoms with van der Waals surface area (Å²) in [5.74, 6) is -0.126. The molecule has 3 aromatic rings. The first-order valence-corrected chi connectivity index (χ1v) is 9.77. The Balaban J connectivity index is 1.30. The van der Waals surface area contributed by atoms with Gasteiger partial charge in [0.1, 0.15) is 5.82 Å². The molecule has 0 bridgehead atoms. The van der Waals surface area contributed by atoms with Gasteiger partial charge in [0.2, 0.25) is 5.91 Å². The Hall–Kier alpha value is -2.79. The molecule has 5 heteroatoms. The van der Waals surface area contributed by atoms with E-state index in [1.807, 2.05) is 23.2 Å². The van der Waals surface area contributed by atoms with Gasteiger partial charge >= 0.3 is 0 Å². The molecule has 0 aliphatic carbocycles. The molecular weight excluding hydrogens is 353 g/mol. The number of amides is 1. The number of carbonyl (C=O) groups is 1. The van der Waals surface area contributed by atoms with Crippen molar-refractivity contribution in [2.24, 2.45) is 0 Å². The van der Waals surface area contributed by atoms with E-state index in [2.05, 4.69) is 34.1 Å². The van der Waals surface area contributed by atoms with E-state index in [-0.39, 0.29) is 11.7 Å². The van der Waals surface area contributed by atoms with E-state index in [1.165, 1.54) is 11.6 Å². The molecule has 0 spiro atoms. The van der Waals surface area contributed by atoms with Gasteiger partial charge in [0.05, 0.1) is 5.52 Å². The van der Waals surface area contributed by atoms with Crippen molar-refractivity contribution in [1.29, 1.82) is 0 Å². The largest absolute Gasteiger partial charge is 0.340 e. The lowest BCUT2D eigenvalue weighted by atomic mass is 10.1. The van der Waals surface area contributed by atoms with Gasteiger partial charge in [-0.3, -0.25) is 14.7 Å². The number of carbonyl (C=O) groups excluding carboxylic acids is 1. The van der Waals surface area contributed by atoms with Crippen molar-refractivity contribution < 1.29 is 9.18 Å². The molecule has 0 saturated carbocycles. The molecule has 28 heavy (non-hydrogen) atoms. The van der Waals surface area contributed by atoms with Gasteiger partial charge in [-0.25, -0.2) is 4.39 Å². The lowest BCUT2D eigenvalue weighted by Crippen LogP contribution is -2.48. The molecule has 2 heterocycles. The molecule has 4 rings (SSSR count).